The molecule has 1 heterocycles. The van der Waals surface area contributed by atoms with Gasteiger partial charge in [-0.25, -0.2) is 4.79 Å². The van der Waals surface area contributed by atoms with Crippen LogP contribution in [0.2, 0.25) is 0 Å². The normalized spacial score (nSPS) is 23.3. The van der Waals surface area contributed by atoms with Crippen LogP contribution in [-0.4, -0.2) is 29.1 Å². The number of hydrogen-bond acceptors (Lipinski definition) is 5. The van der Waals surface area contributed by atoms with Gasteiger partial charge in [0.1, 0.15) is 5.57 Å². The van der Waals surface area contributed by atoms with Crippen LogP contribution in [0.25, 0.3) is 0 Å². The zero-order valence-corrected chi connectivity index (χ0v) is 15.2. The van der Waals surface area contributed by atoms with E-state index in [1.54, 1.807) is 0 Å². The van der Waals surface area contributed by atoms with Gasteiger partial charge in [0.2, 0.25) is 0 Å². The molecule has 0 spiro atoms. The lowest BCUT2D eigenvalue weighted by molar-refractivity contribution is -0.140. The minimum Gasteiger partial charge on any atom is -0.462 e. The van der Waals surface area contributed by atoms with Crippen molar-refractivity contribution >= 4 is 23.5 Å². The number of allylic oxidation sites excluding steroid dienone is 3. The second-order valence-corrected chi connectivity index (χ2v) is 7.39. The molecule has 128 valence electrons. The van der Waals surface area contributed by atoms with Crippen LogP contribution in [0.5, 0.6) is 0 Å². The molecule has 4 nitrogen and oxygen atoms in total. The predicted octanol–water partition coefficient (Wildman–Crippen LogP) is 3.53. The van der Waals surface area contributed by atoms with Gasteiger partial charge in [0.25, 0.3) is 0 Å². The van der Waals surface area contributed by atoms with E-state index in [4.69, 9.17) is 10.5 Å². The van der Waals surface area contributed by atoms with Crippen molar-refractivity contribution in [3.63, 3.8) is 0 Å². The SMILES string of the molecule is CC/C=C/C=C/C1(C)SC(CC(C)N)=C(C(=O)OCCC)C1=O. The highest BCUT2D eigenvalue weighted by Gasteiger charge is 2.45. The summed E-state index contributed by atoms with van der Waals surface area (Å²) in [5, 5.41) is 0. The van der Waals surface area contributed by atoms with Crippen molar-refractivity contribution in [1.82, 2.24) is 0 Å². The van der Waals surface area contributed by atoms with Gasteiger partial charge in [-0.2, -0.15) is 0 Å². The van der Waals surface area contributed by atoms with Crippen molar-refractivity contribution in [3.8, 4) is 0 Å². The average molecular weight is 337 g/mol. The Morgan fingerprint density at radius 2 is 2.09 bits per heavy atom. The summed E-state index contributed by atoms with van der Waals surface area (Å²) >= 11 is 1.41. The molecule has 0 aromatic carbocycles. The van der Waals surface area contributed by atoms with E-state index in [2.05, 4.69) is 0 Å². The Kier molecular flexibility index (Phi) is 7.79. The first-order valence-corrected chi connectivity index (χ1v) is 8.91. The smallest absolute Gasteiger partial charge is 0.342 e. The number of carbonyl (C=O) groups excluding carboxylic acids is 2. The third-order valence-electron chi connectivity index (χ3n) is 3.34. The number of carbonyl (C=O) groups is 2. The van der Waals surface area contributed by atoms with Crippen LogP contribution >= 0.6 is 11.8 Å². The topological polar surface area (TPSA) is 69.4 Å². The van der Waals surface area contributed by atoms with Gasteiger partial charge in [0.15, 0.2) is 5.78 Å². The molecule has 0 radical (unpaired) electrons. The van der Waals surface area contributed by atoms with Crippen molar-refractivity contribution in [2.45, 2.75) is 57.7 Å². The maximum Gasteiger partial charge on any atom is 0.342 e. The summed E-state index contributed by atoms with van der Waals surface area (Å²) in [6.07, 6.45) is 9.79. The Morgan fingerprint density at radius 1 is 1.39 bits per heavy atom. The summed E-state index contributed by atoms with van der Waals surface area (Å²) in [6, 6.07) is -0.120. The lowest BCUT2D eigenvalue weighted by atomic mass is 9.97. The Labute approximate surface area is 143 Å². The van der Waals surface area contributed by atoms with Gasteiger partial charge < -0.3 is 10.5 Å². The summed E-state index contributed by atoms with van der Waals surface area (Å²) in [7, 11) is 0. The first kappa shape index (κ1) is 19.7. The second-order valence-electron chi connectivity index (χ2n) is 5.85. The maximum atomic E-state index is 12.8. The average Bonchev–Trinajstić information content (AvgIpc) is 2.72. The summed E-state index contributed by atoms with van der Waals surface area (Å²) < 4.78 is 4.41. The van der Waals surface area contributed by atoms with Crippen LogP contribution < -0.4 is 5.73 Å². The van der Waals surface area contributed by atoms with E-state index >= 15 is 0 Å². The van der Waals surface area contributed by atoms with Gasteiger partial charge in [-0.3, -0.25) is 4.79 Å². The number of Topliss-reactive ketones (excluding diaryl/α,β-unsaturated/α-hetero) is 1. The molecule has 1 rings (SSSR count). The van der Waals surface area contributed by atoms with Crippen LogP contribution in [0, 0.1) is 0 Å². The molecule has 0 aromatic rings. The first-order valence-electron chi connectivity index (χ1n) is 8.09. The van der Waals surface area contributed by atoms with Gasteiger partial charge in [-0.05, 0) is 33.1 Å². The molecule has 2 atom stereocenters. The van der Waals surface area contributed by atoms with E-state index in [9.17, 15) is 9.59 Å². The lowest BCUT2D eigenvalue weighted by Gasteiger charge is -2.17. The van der Waals surface area contributed by atoms with Gasteiger partial charge >= 0.3 is 5.97 Å². The third kappa shape index (κ3) is 5.36. The molecule has 0 saturated carbocycles. The van der Waals surface area contributed by atoms with E-state index in [1.165, 1.54) is 11.8 Å². The summed E-state index contributed by atoms with van der Waals surface area (Å²) in [5.41, 5.74) is 6.04. The van der Waals surface area contributed by atoms with E-state index < -0.39 is 10.7 Å². The number of ketones is 1. The highest BCUT2D eigenvalue weighted by atomic mass is 32.2. The Balaban J connectivity index is 3.05. The number of rotatable bonds is 8. The van der Waals surface area contributed by atoms with Crippen molar-refractivity contribution in [1.29, 1.82) is 0 Å². The number of nitrogens with two attached hydrogens (primary N) is 1. The first-order chi connectivity index (χ1) is 10.9. The largest absolute Gasteiger partial charge is 0.462 e. The van der Waals surface area contributed by atoms with E-state index in [-0.39, 0.29) is 17.4 Å². The highest BCUT2D eigenvalue weighted by Crippen LogP contribution is 2.46. The second kappa shape index (κ2) is 9.08. The van der Waals surface area contributed by atoms with Crippen molar-refractivity contribution < 1.29 is 14.3 Å². The fraction of sp³-hybridized carbons (Fsp3) is 0.556. The van der Waals surface area contributed by atoms with Gasteiger partial charge in [0, 0.05) is 10.9 Å². The van der Waals surface area contributed by atoms with Gasteiger partial charge in [-0.1, -0.05) is 38.2 Å². The van der Waals surface area contributed by atoms with Crippen molar-refractivity contribution in [2.24, 2.45) is 5.73 Å². The van der Waals surface area contributed by atoms with Crippen LogP contribution in [0.15, 0.2) is 34.8 Å². The molecule has 0 aromatic heterocycles. The quantitative estimate of drug-likeness (QED) is 0.417. The molecule has 1 aliphatic rings. The van der Waals surface area contributed by atoms with E-state index in [1.807, 2.05) is 52.0 Å². The standard InChI is InChI=1S/C18H27NO3S/c1-5-7-8-9-10-18(4)16(20)15(17(21)22-11-6-2)14(23-18)12-13(3)19/h7-10,13H,5-6,11-12,19H2,1-4H3/b8-7+,10-9+. The van der Waals surface area contributed by atoms with Crippen LogP contribution in [0.3, 0.4) is 0 Å². The number of hydrogen-bond donors (Lipinski definition) is 1. The number of esters is 1. The summed E-state index contributed by atoms with van der Waals surface area (Å²) in [6.45, 7) is 7.98. The molecule has 2 N–H and O–H groups in total. The van der Waals surface area contributed by atoms with Crippen LogP contribution in [0.4, 0.5) is 0 Å². The molecule has 2 unspecified atom stereocenters. The van der Waals surface area contributed by atoms with Crippen LogP contribution in [-0.2, 0) is 14.3 Å². The maximum absolute atomic E-state index is 12.8. The molecule has 0 bridgehead atoms. The number of thioether (sulfide) groups is 1. The van der Waals surface area contributed by atoms with Crippen LogP contribution in [0.1, 0.15) is 47.0 Å². The van der Waals surface area contributed by atoms with Gasteiger partial charge in [0.05, 0.1) is 11.4 Å². The van der Waals surface area contributed by atoms with Crippen molar-refractivity contribution in [2.75, 3.05) is 6.61 Å². The third-order valence-corrected chi connectivity index (χ3v) is 4.70. The fourth-order valence-corrected chi connectivity index (χ4v) is 3.68. The molecule has 5 heteroatoms. The molecule has 0 saturated heterocycles. The molecule has 0 fully saturated rings. The lowest BCUT2D eigenvalue weighted by Crippen LogP contribution is -2.29. The minimum absolute atomic E-state index is 0.120. The van der Waals surface area contributed by atoms with E-state index in [0.717, 1.165) is 17.7 Å². The molecule has 0 amide bonds. The molecular weight excluding hydrogens is 310 g/mol. The number of ether oxygens (including phenoxy) is 1. The van der Waals surface area contributed by atoms with Gasteiger partial charge in [-0.15, -0.1) is 11.8 Å². The van der Waals surface area contributed by atoms with E-state index in [0.29, 0.717) is 13.0 Å². The highest BCUT2D eigenvalue weighted by molar-refractivity contribution is 8.05. The molecule has 1 aliphatic heterocycles. The zero-order valence-electron chi connectivity index (χ0n) is 14.4. The molecule has 23 heavy (non-hydrogen) atoms. The van der Waals surface area contributed by atoms with Crippen molar-refractivity contribution in [3.05, 3.63) is 34.8 Å². The zero-order chi connectivity index (χ0) is 17.5. The minimum atomic E-state index is -0.775. The Hall–Kier alpha value is -1.33. The summed E-state index contributed by atoms with van der Waals surface area (Å²) in [4.78, 5) is 25.8. The molecular formula is C18H27NO3S. The fourth-order valence-electron chi connectivity index (χ4n) is 2.20. The monoisotopic (exact) mass is 337 g/mol. The Morgan fingerprint density at radius 3 is 2.65 bits per heavy atom. The Bertz CT molecular complexity index is 534. The molecule has 0 aliphatic carbocycles. The summed E-state index contributed by atoms with van der Waals surface area (Å²) in [5.74, 6) is -0.721. The predicted molar refractivity (Wildman–Crippen MR) is 96.1 cm³/mol.